The number of benzene rings is 4. The zero-order valence-electron chi connectivity index (χ0n) is 21.1. The van der Waals surface area contributed by atoms with Gasteiger partial charge >= 0.3 is 5.79 Å². The van der Waals surface area contributed by atoms with E-state index < -0.39 is 41.5 Å². The molecule has 0 saturated carbocycles. The average Bonchev–Trinajstić information content (AvgIpc) is 2.91. The molecule has 4 aromatic rings. The van der Waals surface area contributed by atoms with Crippen molar-refractivity contribution in [3.05, 3.63) is 88.5 Å². The Morgan fingerprint density at radius 1 is 0.659 bits per heavy atom. The molecule has 3 aliphatic heterocycles. The number of phenolic OH excluding ortho intramolecular Hbond substituents is 6. The van der Waals surface area contributed by atoms with E-state index in [2.05, 4.69) is 0 Å². The second kappa shape index (κ2) is 8.50. The van der Waals surface area contributed by atoms with Crippen LogP contribution >= 0.6 is 0 Å². The molecule has 7 rings (SSSR count). The van der Waals surface area contributed by atoms with Crippen molar-refractivity contribution in [2.45, 2.75) is 36.4 Å². The molecule has 0 aliphatic carbocycles. The smallest absolute Gasteiger partial charge is 0.305 e. The van der Waals surface area contributed by atoms with Gasteiger partial charge in [-0.15, -0.1) is 0 Å². The fourth-order valence-corrected chi connectivity index (χ4v) is 6.03. The van der Waals surface area contributed by atoms with E-state index >= 15 is 0 Å². The van der Waals surface area contributed by atoms with Crippen LogP contribution < -0.4 is 14.2 Å². The van der Waals surface area contributed by atoms with Crippen molar-refractivity contribution in [2.24, 2.45) is 0 Å². The topological polar surface area (TPSA) is 190 Å². The number of aliphatic hydroxyl groups excluding tert-OH is 2. The van der Waals surface area contributed by atoms with E-state index in [0.29, 0.717) is 16.7 Å². The number of hydrogen-bond acceptors (Lipinski definition) is 11. The number of hydrogen-bond donors (Lipinski definition) is 8. The lowest BCUT2D eigenvalue weighted by Crippen LogP contribution is -2.57. The molecule has 210 valence electrons. The number of aliphatic hydroxyl groups is 2. The minimum Gasteiger partial charge on any atom is -0.508 e. The van der Waals surface area contributed by atoms with Crippen LogP contribution in [0.3, 0.4) is 0 Å². The Balaban J connectivity index is 1.45. The second-order valence-corrected chi connectivity index (χ2v) is 10.4. The van der Waals surface area contributed by atoms with E-state index in [9.17, 15) is 40.9 Å². The summed E-state index contributed by atoms with van der Waals surface area (Å²) in [4.78, 5) is 0. The van der Waals surface area contributed by atoms with Gasteiger partial charge in [0, 0.05) is 35.2 Å². The molecule has 8 N–H and O–H groups in total. The predicted octanol–water partition coefficient (Wildman–Crippen LogP) is 3.09. The normalized spacial score (nSPS) is 25.5. The van der Waals surface area contributed by atoms with Gasteiger partial charge in [0.2, 0.25) is 0 Å². The fourth-order valence-electron chi connectivity index (χ4n) is 6.03. The first-order valence-corrected chi connectivity index (χ1v) is 12.7. The molecule has 0 spiro atoms. The molecule has 0 saturated heterocycles. The van der Waals surface area contributed by atoms with Crippen LogP contribution in [0.25, 0.3) is 0 Å². The molecule has 4 aromatic carbocycles. The maximum absolute atomic E-state index is 11.9. The molecule has 5 atom stereocenters. The Hall–Kier alpha value is -5.00. The summed E-state index contributed by atoms with van der Waals surface area (Å²) in [7, 11) is 0. The van der Waals surface area contributed by atoms with E-state index in [1.54, 1.807) is 12.1 Å². The molecule has 0 aromatic heterocycles. The Kier molecular flexibility index (Phi) is 5.18. The van der Waals surface area contributed by atoms with Crippen molar-refractivity contribution >= 4 is 0 Å². The summed E-state index contributed by atoms with van der Waals surface area (Å²) in [6.07, 6.45) is -3.39. The second-order valence-electron chi connectivity index (χ2n) is 10.4. The molecule has 2 bridgehead atoms. The van der Waals surface area contributed by atoms with Gasteiger partial charge < -0.3 is 55.1 Å². The Labute approximate surface area is 231 Å². The van der Waals surface area contributed by atoms with E-state index in [1.165, 1.54) is 42.5 Å². The van der Waals surface area contributed by atoms with Crippen LogP contribution in [-0.4, -0.2) is 53.1 Å². The molecular formula is C30H24O11. The fraction of sp³-hybridized carbons (Fsp3) is 0.200. The van der Waals surface area contributed by atoms with Crippen molar-refractivity contribution in [3.63, 3.8) is 0 Å². The van der Waals surface area contributed by atoms with E-state index in [-0.39, 0.29) is 57.8 Å². The predicted molar refractivity (Wildman–Crippen MR) is 140 cm³/mol. The highest BCUT2D eigenvalue weighted by atomic mass is 16.7. The van der Waals surface area contributed by atoms with Crippen molar-refractivity contribution in [2.75, 3.05) is 0 Å². The third-order valence-electron chi connectivity index (χ3n) is 7.92. The van der Waals surface area contributed by atoms with Crippen molar-refractivity contribution < 1.29 is 55.1 Å². The standard InChI is InChI=1S/C30H24O11/c31-15-10-20(36)24-23(11-15)41-30(14-3-5-17(33)19(35)9-14)29(38)26(24)25-22(40-30)6-2-13-8-21(37)27(39-28(13)25)12-1-4-16(32)18(34)7-12/h1-7,9-11,21,26-27,29,31-38H,8H2/t21-,26-,27-,29-,30-/m1/s1. The summed E-state index contributed by atoms with van der Waals surface area (Å²) in [5.41, 5.74) is 1.63. The van der Waals surface area contributed by atoms with Crippen LogP contribution in [0.4, 0.5) is 0 Å². The molecular weight excluding hydrogens is 536 g/mol. The van der Waals surface area contributed by atoms with Crippen molar-refractivity contribution in [1.29, 1.82) is 0 Å². The number of ether oxygens (including phenoxy) is 3. The minimum absolute atomic E-state index is 0.00414. The van der Waals surface area contributed by atoms with Gasteiger partial charge in [-0.1, -0.05) is 12.1 Å². The van der Waals surface area contributed by atoms with Gasteiger partial charge in [-0.3, -0.25) is 0 Å². The third-order valence-corrected chi connectivity index (χ3v) is 7.92. The van der Waals surface area contributed by atoms with Gasteiger partial charge in [-0.25, -0.2) is 0 Å². The molecule has 11 nitrogen and oxygen atoms in total. The van der Waals surface area contributed by atoms with Crippen molar-refractivity contribution in [3.8, 4) is 51.7 Å². The lowest BCUT2D eigenvalue weighted by molar-refractivity contribution is -0.219. The number of aromatic hydroxyl groups is 6. The van der Waals surface area contributed by atoms with Gasteiger partial charge in [0.25, 0.3) is 0 Å². The number of fused-ring (bicyclic) bond motifs is 8. The van der Waals surface area contributed by atoms with Crippen LogP contribution in [-0.2, 0) is 12.2 Å². The van der Waals surface area contributed by atoms with Crippen molar-refractivity contribution in [1.82, 2.24) is 0 Å². The Bertz CT molecular complexity index is 1730. The first-order chi connectivity index (χ1) is 19.6. The average molecular weight is 561 g/mol. The first kappa shape index (κ1) is 25.0. The number of rotatable bonds is 2. The molecule has 3 heterocycles. The highest BCUT2D eigenvalue weighted by molar-refractivity contribution is 5.65. The summed E-state index contributed by atoms with van der Waals surface area (Å²) in [6.45, 7) is 0. The Morgan fingerprint density at radius 2 is 1.37 bits per heavy atom. The van der Waals surface area contributed by atoms with Gasteiger partial charge in [0.1, 0.15) is 41.0 Å². The van der Waals surface area contributed by atoms with E-state index in [0.717, 1.165) is 6.07 Å². The third kappa shape index (κ3) is 3.52. The van der Waals surface area contributed by atoms with Crippen LogP contribution in [0.15, 0.2) is 60.7 Å². The van der Waals surface area contributed by atoms with Gasteiger partial charge in [-0.2, -0.15) is 0 Å². The van der Waals surface area contributed by atoms with Crippen LogP contribution in [0, 0.1) is 0 Å². The molecule has 11 heteroatoms. The zero-order chi connectivity index (χ0) is 28.8. The summed E-state index contributed by atoms with van der Waals surface area (Å²) >= 11 is 0. The summed E-state index contributed by atoms with van der Waals surface area (Å²) < 4.78 is 18.8. The van der Waals surface area contributed by atoms with Gasteiger partial charge in [0.15, 0.2) is 23.0 Å². The lowest BCUT2D eigenvalue weighted by Gasteiger charge is -2.50. The van der Waals surface area contributed by atoms with E-state index in [1.807, 2.05) is 0 Å². The monoisotopic (exact) mass is 560 g/mol. The first-order valence-electron chi connectivity index (χ1n) is 12.7. The van der Waals surface area contributed by atoms with Crippen LogP contribution in [0.2, 0.25) is 0 Å². The van der Waals surface area contributed by atoms with Gasteiger partial charge in [0.05, 0.1) is 12.0 Å². The Morgan fingerprint density at radius 3 is 2.10 bits per heavy atom. The summed E-state index contributed by atoms with van der Waals surface area (Å²) in [6, 6.07) is 13.6. The highest BCUT2D eigenvalue weighted by Crippen LogP contribution is 2.61. The highest BCUT2D eigenvalue weighted by Gasteiger charge is 2.59. The molecule has 0 fully saturated rings. The quantitative estimate of drug-likeness (QED) is 0.168. The van der Waals surface area contributed by atoms with Crippen LogP contribution in [0.1, 0.15) is 39.8 Å². The molecule has 0 amide bonds. The SMILES string of the molecule is Oc1cc(O)c2c(c1)O[C@@]1(c3ccc(O)c(O)c3)Oc3ccc4c(c3[C@@H]2[C@H]1O)O[C@H](c1ccc(O)c(O)c1)[C@H](O)C4. The maximum Gasteiger partial charge on any atom is 0.305 e. The molecule has 41 heavy (non-hydrogen) atoms. The molecule has 0 radical (unpaired) electrons. The molecule has 0 unspecified atom stereocenters. The van der Waals surface area contributed by atoms with E-state index in [4.69, 9.17) is 14.2 Å². The lowest BCUT2D eigenvalue weighted by atomic mass is 9.74. The largest absolute Gasteiger partial charge is 0.508 e. The van der Waals surface area contributed by atoms with Gasteiger partial charge in [-0.05, 0) is 47.5 Å². The zero-order valence-corrected chi connectivity index (χ0v) is 21.1. The van der Waals surface area contributed by atoms with Crippen LogP contribution in [0.5, 0.6) is 51.7 Å². The maximum atomic E-state index is 11.9. The summed E-state index contributed by atoms with van der Waals surface area (Å²) in [5.74, 6) is -4.77. The minimum atomic E-state index is -1.97. The molecule has 3 aliphatic rings. The number of phenols is 6. The summed E-state index contributed by atoms with van der Waals surface area (Å²) in [5, 5.41) is 84.0.